The molecule has 1 aromatic carbocycles. The lowest BCUT2D eigenvalue weighted by Gasteiger charge is -2.07. The number of ether oxygens (including phenoxy) is 1. The highest BCUT2D eigenvalue weighted by Crippen LogP contribution is 2.09. The molecule has 1 heterocycles. The summed E-state index contributed by atoms with van der Waals surface area (Å²) in [5, 5.41) is 3.34. The van der Waals surface area contributed by atoms with E-state index < -0.39 is 0 Å². The second-order valence-electron chi connectivity index (χ2n) is 4.13. The smallest absolute Gasteiger partial charge is 0.137 e. The van der Waals surface area contributed by atoms with Gasteiger partial charge in [0.05, 0.1) is 12.8 Å². The normalized spacial score (nSPS) is 10.1. The predicted octanol–water partition coefficient (Wildman–Crippen LogP) is 3.27. The molecule has 1 N–H and O–H groups in total. The third-order valence-electron chi connectivity index (χ3n) is 2.58. The Hall–Kier alpha value is -2.03. The molecule has 18 heavy (non-hydrogen) atoms. The van der Waals surface area contributed by atoms with Crippen molar-refractivity contribution in [3.8, 4) is 5.75 Å². The Balaban J connectivity index is 1.63. The Bertz CT molecular complexity index is 454. The van der Waals surface area contributed by atoms with Crippen molar-refractivity contribution in [1.29, 1.82) is 0 Å². The van der Waals surface area contributed by atoms with E-state index in [2.05, 4.69) is 22.4 Å². The molecular weight excluding hydrogens is 224 g/mol. The van der Waals surface area contributed by atoms with Crippen LogP contribution in [-0.2, 0) is 0 Å². The Morgan fingerprint density at radius 2 is 1.94 bits per heavy atom. The van der Waals surface area contributed by atoms with E-state index in [1.54, 1.807) is 6.20 Å². The topological polar surface area (TPSA) is 34.1 Å². The Labute approximate surface area is 108 Å². The van der Waals surface area contributed by atoms with Crippen molar-refractivity contribution in [3.63, 3.8) is 0 Å². The molecule has 3 heteroatoms. The first-order valence-corrected chi connectivity index (χ1v) is 6.19. The van der Waals surface area contributed by atoms with E-state index in [1.165, 1.54) is 0 Å². The maximum absolute atomic E-state index is 5.60. The van der Waals surface area contributed by atoms with Gasteiger partial charge in [-0.3, -0.25) is 4.98 Å². The molecule has 2 aromatic rings. The first-order valence-electron chi connectivity index (χ1n) is 6.19. The molecule has 0 atom stereocenters. The molecule has 0 aliphatic heterocycles. The number of benzene rings is 1. The largest absolute Gasteiger partial charge is 0.492 e. The minimum Gasteiger partial charge on any atom is -0.492 e. The molecule has 0 fully saturated rings. The van der Waals surface area contributed by atoms with Crippen LogP contribution in [0, 0.1) is 6.92 Å². The Morgan fingerprint density at radius 1 is 1.11 bits per heavy atom. The minimum absolute atomic E-state index is 0.699. The Morgan fingerprint density at radius 3 is 2.67 bits per heavy atom. The minimum atomic E-state index is 0.699. The van der Waals surface area contributed by atoms with Crippen LogP contribution in [-0.4, -0.2) is 18.1 Å². The van der Waals surface area contributed by atoms with E-state index in [9.17, 15) is 0 Å². The highest BCUT2D eigenvalue weighted by atomic mass is 16.5. The van der Waals surface area contributed by atoms with Crippen LogP contribution in [0.15, 0.2) is 48.7 Å². The van der Waals surface area contributed by atoms with Crippen molar-refractivity contribution < 1.29 is 4.74 Å². The van der Waals surface area contributed by atoms with Gasteiger partial charge in [-0.05, 0) is 37.6 Å². The van der Waals surface area contributed by atoms with E-state index in [1.807, 2.05) is 37.3 Å². The first-order chi connectivity index (χ1) is 8.84. The second-order valence-corrected chi connectivity index (χ2v) is 4.13. The van der Waals surface area contributed by atoms with E-state index in [0.29, 0.717) is 6.61 Å². The van der Waals surface area contributed by atoms with Crippen LogP contribution in [0.25, 0.3) is 0 Å². The molecule has 0 bridgehead atoms. The summed E-state index contributed by atoms with van der Waals surface area (Å²) in [5.74, 6) is 0.834. The van der Waals surface area contributed by atoms with Crippen LogP contribution in [0.2, 0.25) is 0 Å². The molecule has 0 aliphatic carbocycles. The van der Waals surface area contributed by atoms with E-state index >= 15 is 0 Å². The molecule has 1 aromatic heterocycles. The SMILES string of the molecule is Cc1ccc(OCCCNc2ccccc2)cn1. The molecule has 2 rings (SSSR count). The Kier molecular flexibility index (Phi) is 4.59. The fraction of sp³-hybridized carbons (Fsp3) is 0.267. The molecule has 0 amide bonds. The van der Waals surface area contributed by atoms with Gasteiger partial charge in [-0.15, -0.1) is 0 Å². The molecule has 94 valence electrons. The zero-order valence-electron chi connectivity index (χ0n) is 10.6. The van der Waals surface area contributed by atoms with Gasteiger partial charge in [0.15, 0.2) is 0 Å². The average Bonchev–Trinajstić information content (AvgIpc) is 2.42. The van der Waals surface area contributed by atoms with Gasteiger partial charge < -0.3 is 10.1 Å². The summed E-state index contributed by atoms with van der Waals surface area (Å²) in [4.78, 5) is 4.18. The molecule has 0 radical (unpaired) electrons. The van der Waals surface area contributed by atoms with Crippen LogP contribution in [0.5, 0.6) is 5.75 Å². The predicted molar refractivity (Wildman–Crippen MR) is 74.0 cm³/mol. The summed E-state index contributed by atoms with van der Waals surface area (Å²) < 4.78 is 5.60. The molecule has 0 saturated heterocycles. The quantitative estimate of drug-likeness (QED) is 0.789. The standard InChI is InChI=1S/C15H18N2O/c1-13-8-9-15(12-17-13)18-11-5-10-16-14-6-3-2-4-7-14/h2-4,6-9,12,16H,5,10-11H2,1H3. The first kappa shape index (κ1) is 12.4. The van der Waals surface area contributed by atoms with E-state index in [0.717, 1.165) is 30.1 Å². The summed E-state index contributed by atoms with van der Waals surface area (Å²) in [6.07, 6.45) is 2.72. The van der Waals surface area contributed by atoms with Crippen LogP contribution in [0.3, 0.4) is 0 Å². The number of hydrogen-bond donors (Lipinski definition) is 1. The third-order valence-corrected chi connectivity index (χ3v) is 2.58. The molecular formula is C15H18N2O. The fourth-order valence-corrected chi connectivity index (χ4v) is 1.59. The van der Waals surface area contributed by atoms with Gasteiger partial charge in [0, 0.05) is 17.9 Å². The second kappa shape index (κ2) is 6.64. The van der Waals surface area contributed by atoms with Crippen molar-refractivity contribution in [3.05, 3.63) is 54.4 Å². The number of aryl methyl sites for hydroxylation is 1. The summed E-state index contributed by atoms with van der Waals surface area (Å²) in [7, 11) is 0. The number of nitrogens with one attached hydrogen (secondary N) is 1. The lowest BCUT2D eigenvalue weighted by atomic mass is 10.3. The van der Waals surface area contributed by atoms with Gasteiger partial charge in [0.25, 0.3) is 0 Å². The molecule has 0 unspecified atom stereocenters. The third kappa shape index (κ3) is 4.09. The molecule has 0 saturated carbocycles. The molecule has 3 nitrogen and oxygen atoms in total. The maximum Gasteiger partial charge on any atom is 0.137 e. The summed E-state index contributed by atoms with van der Waals surface area (Å²) in [5.41, 5.74) is 2.16. The average molecular weight is 242 g/mol. The lowest BCUT2D eigenvalue weighted by molar-refractivity contribution is 0.313. The summed E-state index contributed by atoms with van der Waals surface area (Å²) >= 11 is 0. The van der Waals surface area contributed by atoms with Gasteiger partial charge in [-0.2, -0.15) is 0 Å². The number of anilines is 1. The van der Waals surface area contributed by atoms with Gasteiger partial charge in [0.2, 0.25) is 0 Å². The van der Waals surface area contributed by atoms with Crippen LogP contribution in [0.4, 0.5) is 5.69 Å². The number of para-hydroxylation sites is 1. The maximum atomic E-state index is 5.60. The van der Waals surface area contributed by atoms with Gasteiger partial charge in [0.1, 0.15) is 5.75 Å². The van der Waals surface area contributed by atoms with Crippen molar-refractivity contribution in [2.45, 2.75) is 13.3 Å². The number of hydrogen-bond acceptors (Lipinski definition) is 3. The van der Waals surface area contributed by atoms with Crippen molar-refractivity contribution >= 4 is 5.69 Å². The molecule has 0 aliphatic rings. The number of rotatable bonds is 6. The van der Waals surface area contributed by atoms with Gasteiger partial charge >= 0.3 is 0 Å². The van der Waals surface area contributed by atoms with Crippen LogP contribution >= 0.6 is 0 Å². The van der Waals surface area contributed by atoms with Gasteiger partial charge in [-0.25, -0.2) is 0 Å². The molecule has 0 spiro atoms. The summed E-state index contributed by atoms with van der Waals surface area (Å²) in [6.45, 7) is 3.57. The van der Waals surface area contributed by atoms with E-state index in [-0.39, 0.29) is 0 Å². The van der Waals surface area contributed by atoms with Crippen LogP contribution < -0.4 is 10.1 Å². The fourth-order valence-electron chi connectivity index (χ4n) is 1.59. The number of aromatic nitrogens is 1. The van der Waals surface area contributed by atoms with Gasteiger partial charge in [-0.1, -0.05) is 18.2 Å². The van der Waals surface area contributed by atoms with Crippen LogP contribution in [0.1, 0.15) is 12.1 Å². The highest BCUT2D eigenvalue weighted by Gasteiger charge is 1.94. The highest BCUT2D eigenvalue weighted by molar-refractivity contribution is 5.42. The zero-order chi connectivity index (χ0) is 12.6. The monoisotopic (exact) mass is 242 g/mol. The number of pyridine rings is 1. The van der Waals surface area contributed by atoms with Crippen molar-refractivity contribution in [2.75, 3.05) is 18.5 Å². The van der Waals surface area contributed by atoms with E-state index in [4.69, 9.17) is 4.74 Å². The zero-order valence-corrected chi connectivity index (χ0v) is 10.6. The lowest BCUT2D eigenvalue weighted by Crippen LogP contribution is -2.07. The number of nitrogens with zero attached hydrogens (tertiary/aromatic N) is 1. The van der Waals surface area contributed by atoms with Crippen molar-refractivity contribution in [1.82, 2.24) is 4.98 Å². The summed E-state index contributed by atoms with van der Waals surface area (Å²) in [6, 6.07) is 14.1. The van der Waals surface area contributed by atoms with Crippen molar-refractivity contribution in [2.24, 2.45) is 0 Å².